The maximum atomic E-state index is 6.16. The molecule has 6 heteroatoms. The van der Waals surface area contributed by atoms with Crippen molar-refractivity contribution in [2.75, 3.05) is 11.9 Å². The number of halogens is 1. The first kappa shape index (κ1) is 9.99. The number of rotatable bonds is 1. The molecule has 0 saturated heterocycles. The summed E-state index contributed by atoms with van der Waals surface area (Å²) in [6.45, 7) is 0.894. The molecule has 0 spiro atoms. The number of benzene rings is 1. The van der Waals surface area contributed by atoms with Gasteiger partial charge in [0, 0.05) is 13.0 Å². The summed E-state index contributed by atoms with van der Waals surface area (Å²) in [6.07, 6.45) is 2.08. The van der Waals surface area contributed by atoms with E-state index in [4.69, 9.17) is 11.6 Å². The van der Waals surface area contributed by atoms with Crippen LogP contribution in [0.5, 0.6) is 0 Å². The van der Waals surface area contributed by atoms with Gasteiger partial charge in [0.1, 0.15) is 16.9 Å². The van der Waals surface area contributed by atoms with Gasteiger partial charge < -0.3 is 5.32 Å². The van der Waals surface area contributed by atoms with Crippen LogP contribution in [0.4, 0.5) is 5.69 Å². The fraction of sp³-hybridized carbons (Fsp3) is 0.300. The highest BCUT2D eigenvalue weighted by molar-refractivity contribution is 7.00. The molecule has 1 aromatic heterocycles. The summed E-state index contributed by atoms with van der Waals surface area (Å²) in [5.74, 6) is 0.988. The lowest BCUT2D eigenvalue weighted by molar-refractivity contribution is 0.951. The Bertz CT molecular complexity index is 563. The molecular formula is C10H9ClN4S. The van der Waals surface area contributed by atoms with Gasteiger partial charge in [0.15, 0.2) is 0 Å². The summed E-state index contributed by atoms with van der Waals surface area (Å²) in [7, 11) is 0. The number of hydrogen-bond donors (Lipinski definition) is 1. The topological polar surface area (TPSA) is 50.2 Å². The summed E-state index contributed by atoms with van der Waals surface area (Å²) in [5.41, 5.74) is 2.52. The van der Waals surface area contributed by atoms with E-state index in [1.165, 1.54) is 11.7 Å². The van der Waals surface area contributed by atoms with Gasteiger partial charge >= 0.3 is 0 Å². The minimum Gasteiger partial charge on any atom is -0.341 e. The monoisotopic (exact) mass is 252 g/mol. The number of hydrogen-bond acceptors (Lipinski definition) is 5. The normalized spacial score (nSPS) is 15.4. The van der Waals surface area contributed by atoms with Gasteiger partial charge in [-0.25, -0.2) is 0 Å². The molecule has 1 aromatic carbocycles. The molecule has 0 fully saturated rings. The first-order chi connectivity index (χ1) is 7.84. The minimum atomic E-state index is 0.662. The molecule has 1 N–H and O–H groups in total. The summed E-state index contributed by atoms with van der Waals surface area (Å²) in [5, 5.41) is 3.92. The highest BCUT2D eigenvalue weighted by Crippen LogP contribution is 2.30. The van der Waals surface area contributed by atoms with E-state index >= 15 is 0 Å². The molecule has 1 aliphatic rings. The molecule has 2 aromatic rings. The molecule has 0 amide bonds. The molecule has 16 heavy (non-hydrogen) atoms. The van der Waals surface area contributed by atoms with E-state index in [1.54, 1.807) is 0 Å². The standard InChI is InChI=1S/C10H9ClN4S/c11-6-3-4-7-10(15-16-14-7)9(6)13-8-2-1-5-12-8/h3-4H,1-2,5H2,(H,12,13). The van der Waals surface area contributed by atoms with Crippen LogP contribution in [-0.4, -0.2) is 21.1 Å². The molecule has 0 bridgehead atoms. The Balaban J connectivity index is 2.06. The summed E-state index contributed by atoms with van der Waals surface area (Å²) in [4.78, 5) is 4.37. The van der Waals surface area contributed by atoms with Crippen molar-refractivity contribution in [2.24, 2.45) is 4.99 Å². The van der Waals surface area contributed by atoms with Gasteiger partial charge in [0.2, 0.25) is 0 Å². The fourth-order valence-electron chi connectivity index (χ4n) is 1.73. The first-order valence-corrected chi connectivity index (χ1v) is 6.16. The van der Waals surface area contributed by atoms with Gasteiger partial charge in [-0.15, -0.1) is 0 Å². The number of aliphatic imine (C=N–C) groups is 1. The number of nitrogens with one attached hydrogen (secondary N) is 1. The minimum absolute atomic E-state index is 0.662. The van der Waals surface area contributed by atoms with Crippen LogP contribution in [0.25, 0.3) is 11.0 Å². The molecule has 1 aliphatic heterocycles. The molecule has 0 radical (unpaired) electrons. The largest absolute Gasteiger partial charge is 0.341 e. The number of amidine groups is 1. The number of nitrogens with zero attached hydrogens (tertiary/aromatic N) is 3. The molecule has 0 saturated carbocycles. The van der Waals surface area contributed by atoms with E-state index in [0.29, 0.717) is 5.02 Å². The van der Waals surface area contributed by atoms with Crippen LogP contribution in [0, 0.1) is 0 Å². The zero-order valence-corrected chi connectivity index (χ0v) is 9.98. The molecule has 3 rings (SSSR count). The average Bonchev–Trinajstić information content (AvgIpc) is 2.92. The predicted molar refractivity (Wildman–Crippen MR) is 67.6 cm³/mol. The van der Waals surface area contributed by atoms with Crippen molar-refractivity contribution < 1.29 is 0 Å². The quantitative estimate of drug-likeness (QED) is 0.849. The second-order valence-electron chi connectivity index (χ2n) is 3.61. The Morgan fingerprint density at radius 3 is 3.06 bits per heavy atom. The van der Waals surface area contributed by atoms with E-state index in [-0.39, 0.29) is 0 Å². The molecule has 82 valence electrons. The molecular weight excluding hydrogens is 244 g/mol. The number of anilines is 1. The highest BCUT2D eigenvalue weighted by atomic mass is 35.5. The maximum absolute atomic E-state index is 6.16. The second-order valence-corrected chi connectivity index (χ2v) is 4.55. The van der Waals surface area contributed by atoms with Crippen molar-refractivity contribution in [3.8, 4) is 0 Å². The smallest absolute Gasteiger partial charge is 0.129 e. The van der Waals surface area contributed by atoms with Gasteiger partial charge in [-0.05, 0) is 18.6 Å². The van der Waals surface area contributed by atoms with Crippen LogP contribution >= 0.6 is 23.3 Å². The maximum Gasteiger partial charge on any atom is 0.129 e. The Kier molecular flexibility index (Phi) is 2.49. The zero-order chi connectivity index (χ0) is 11.0. The van der Waals surface area contributed by atoms with Gasteiger partial charge in [-0.1, -0.05) is 11.6 Å². The van der Waals surface area contributed by atoms with Gasteiger partial charge in [0.05, 0.1) is 22.4 Å². The van der Waals surface area contributed by atoms with Crippen LogP contribution in [0.1, 0.15) is 12.8 Å². The van der Waals surface area contributed by atoms with Crippen LogP contribution < -0.4 is 5.32 Å². The lowest BCUT2D eigenvalue weighted by Crippen LogP contribution is -2.09. The van der Waals surface area contributed by atoms with Crippen LogP contribution in [0.15, 0.2) is 17.1 Å². The number of fused-ring (bicyclic) bond motifs is 1. The van der Waals surface area contributed by atoms with Gasteiger partial charge in [-0.3, -0.25) is 4.99 Å². The van der Waals surface area contributed by atoms with Crippen molar-refractivity contribution in [1.82, 2.24) is 8.75 Å². The number of aromatic nitrogens is 2. The Labute approximate surface area is 102 Å². The molecule has 0 atom stereocenters. The van der Waals surface area contributed by atoms with Crippen LogP contribution in [-0.2, 0) is 0 Å². The van der Waals surface area contributed by atoms with Gasteiger partial charge in [0.25, 0.3) is 0 Å². The van der Waals surface area contributed by atoms with Crippen molar-refractivity contribution in [3.05, 3.63) is 17.2 Å². The van der Waals surface area contributed by atoms with Crippen LogP contribution in [0.2, 0.25) is 5.02 Å². The molecule has 0 aliphatic carbocycles. The zero-order valence-electron chi connectivity index (χ0n) is 8.40. The predicted octanol–water partition coefficient (Wildman–Crippen LogP) is 2.95. The van der Waals surface area contributed by atoms with Crippen molar-refractivity contribution in [1.29, 1.82) is 0 Å². The van der Waals surface area contributed by atoms with Crippen LogP contribution in [0.3, 0.4) is 0 Å². The Morgan fingerprint density at radius 1 is 1.31 bits per heavy atom. The summed E-state index contributed by atoms with van der Waals surface area (Å²) >= 11 is 7.35. The van der Waals surface area contributed by atoms with E-state index in [0.717, 1.165) is 41.9 Å². The van der Waals surface area contributed by atoms with Crippen molar-refractivity contribution in [3.63, 3.8) is 0 Å². The fourth-order valence-corrected chi connectivity index (χ4v) is 2.47. The van der Waals surface area contributed by atoms with Gasteiger partial charge in [-0.2, -0.15) is 8.75 Å². The lowest BCUT2D eigenvalue weighted by atomic mass is 10.2. The van der Waals surface area contributed by atoms with Crippen molar-refractivity contribution >= 4 is 45.9 Å². The molecule has 2 heterocycles. The van der Waals surface area contributed by atoms with E-state index in [9.17, 15) is 0 Å². The van der Waals surface area contributed by atoms with E-state index in [1.807, 2.05) is 12.1 Å². The summed E-state index contributed by atoms with van der Waals surface area (Å²) in [6, 6.07) is 3.71. The lowest BCUT2D eigenvalue weighted by Gasteiger charge is -2.07. The van der Waals surface area contributed by atoms with E-state index < -0.39 is 0 Å². The third-order valence-electron chi connectivity index (χ3n) is 2.52. The third kappa shape index (κ3) is 1.66. The molecule has 4 nitrogen and oxygen atoms in total. The molecule has 0 unspecified atom stereocenters. The highest BCUT2D eigenvalue weighted by Gasteiger charge is 2.13. The first-order valence-electron chi connectivity index (χ1n) is 5.06. The third-order valence-corrected chi connectivity index (χ3v) is 3.38. The average molecular weight is 253 g/mol. The Morgan fingerprint density at radius 2 is 2.25 bits per heavy atom. The Hall–Kier alpha value is -1.20. The SMILES string of the molecule is Clc1ccc2nsnc2c1NC1=NCCC1. The second kappa shape index (κ2) is 3.99. The summed E-state index contributed by atoms with van der Waals surface area (Å²) < 4.78 is 8.44. The van der Waals surface area contributed by atoms with E-state index in [2.05, 4.69) is 19.1 Å². The van der Waals surface area contributed by atoms with Crippen molar-refractivity contribution in [2.45, 2.75) is 12.8 Å².